The van der Waals surface area contributed by atoms with Gasteiger partial charge in [-0.2, -0.15) is 31.4 Å². The van der Waals surface area contributed by atoms with Crippen LogP contribution in [-0.4, -0.2) is 193 Å². The second-order valence-electron chi connectivity index (χ2n) is 29.3. The molecule has 8 amide bonds. The van der Waals surface area contributed by atoms with Crippen LogP contribution in [-0.2, 0) is 0 Å². The number of ketones is 4. The Morgan fingerprint density at radius 1 is 0.474 bits per heavy atom. The molecule has 116 heavy (non-hydrogen) atoms. The van der Waals surface area contributed by atoms with E-state index in [1.165, 1.54) is 76.0 Å². The number of aromatic nitrogens is 10. The number of pyridine rings is 6. The number of aromatic amines is 1. The Labute approximate surface area is 661 Å². The molecule has 17 rings (SSSR count). The number of rotatable bonds is 17. The Morgan fingerprint density at radius 2 is 0.871 bits per heavy atom. The molecule has 1 aliphatic carbocycles. The number of hydrogen-bond acceptors (Lipinski definition) is 21. The maximum atomic E-state index is 13.1. The summed E-state index contributed by atoms with van der Waals surface area (Å²) < 4.78 is 115. The zero-order valence-electron chi connectivity index (χ0n) is 62.2. The van der Waals surface area contributed by atoms with E-state index >= 15 is 0 Å². The van der Waals surface area contributed by atoms with E-state index < -0.39 is 91.1 Å². The average Bonchev–Trinajstić information content (AvgIpc) is 1.58. The van der Waals surface area contributed by atoms with Crippen LogP contribution in [0.1, 0.15) is 126 Å². The number of fused-ring (bicyclic) bond motifs is 16. The van der Waals surface area contributed by atoms with Gasteiger partial charge in [0.25, 0.3) is 0 Å². The summed E-state index contributed by atoms with van der Waals surface area (Å²) in [6, 6.07) is 19.9. The van der Waals surface area contributed by atoms with E-state index in [0.717, 1.165) is 90.6 Å². The predicted molar refractivity (Wildman–Crippen MR) is 409 cm³/mol. The summed E-state index contributed by atoms with van der Waals surface area (Å²) >= 11 is 5.87. The highest BCUT2D eigenvalue weighted by Crippen LogP contribution is 2.45. The second-order valence-corrected chi connectivity index (χ2v) is 29.7. The van der Waals surface area contributed by atoms with E-state index in [1.807, 2.05) is 11.0 Å². The van der Waals surface area contributed by atoms with E-state index in [-0.39, 0.29) is 76.9 Å². The van der Waals surface area contributed by atoms with Crippen molar-refractivity contribution in [3.05, 3.63) is 150 Å². The van der Waals surface area contributed by atoms with Gasteiger partial charge in [0.2, 0.25) is 6.43 Å². The highest BCUT2D eigenvalue weighted by molar-refractivity contribution is 6.30. The third kappa shape index (κ3) is 18.1. The van der Waals surface area contributed by atoms with Gasteiger partial charge in [0, 0.05) is 103 Å². The summed E-state index contributed by atoms with van der Waals surface area (Å²) in [5.74, 6) is -2.71. The van der Waals surface area contributed by atoms with Crippen molar-refractivity contribution in [2.45, 2.75) is 127 Å². The average molecular weight is 1630 g/mol. The molecule has 0 radical (unpaired) electrons. The molecule has 8 aromatic rings. The van der Waals surface area contributed by atoms with Gasteiger partial charge < -0.3 is 19.6 Å². The van der Waals surface area contributed by atoms with Gasteiger partial charge in [0.05, 0.1) is 76.2 Å². The van der Waals surface area contributed by atoms with Crippen molar-refractivity contribution >= 4 is 128 Å². The van der Waals surface area contributed by atoms with Crippen LogP contribution >= 0.6 is 11.6 Å². The molecule has 30 nitrogen and oxygen atoms in total. The fourth-order valence-corrected chi connectivity index (χ4v) is 14.9. The van der Waals surface area contributed by atoms with Crippen molar-refractivity contribution in [3.8, 4) is 0 Å². The van der Waals surface area contributed by atoms with Gasteiger partial charge in [-0.05, 0) is 123 Å². The monoisotopic (exact) mass is 1630 g/mol. The SMILES string of the molecule is C[C@@H](CC(=O)c1ccc2c(n1)N(C(=O)Nc1ccn[nH]1)[C@H]1CCN2C1)C(F)(F)F.C[C@@H](CC(=O)c1ccc2c(n1)N(C(=O)Nc1ccncn1)[C@H]1CCN2C1)C(F)(F)F.O=C(CC1CC1)c1ccc2c(n1)N(C(=O)Nc1ccc(Cl)cn1)[C@H]1CCN2C1.O=C(CCC(F)F)c1ccc2c(n1)N(C(=O)Nc1ccc(F)cn1)[C@H]1CCN2C1. The minimum absolute atomic E-state index is 0.0288. The summed E-state index contributed by atoms with van der Waals surface area (Å²) in [5.41, 5.74) is 3.26. The number of urea groups is 4. The zero-order chi connectivity index (χ0) is 82.0. The van der Waals surface area contributed by atoms with Gasteiger partial charge in [0.15, 0.2) is 46.4 Å². The van der Waals surface area contributed by atoms with Gasteiger partial charge in [-0.3, -0.25) is 65.1 Å². The molecule has 1 saturated carbocycles. The van der Waals surface area contributed by atoms with Crippen LogP contribution in [0, 0.1) is 23.6 Å². The molecule has 8 aromatic heterocycles. The molecule has 0 unspecified atom stereocenters. The normalized spacial score (nSPS) is 18.8. The number of alkyl halides is 8. The Balaban J connectivity index is 0.000000128. The first-order chi connectivity index (χ1) is 55.5. The molecule has 5 N–H and O–H groups in total. The first kappa shape index (κ1) is 80.4. The summed E-state index contributed by atoms with van der Waals surface area (Å²) in [5, 5.41) is 17.7. The van der Waals surface area contributed by atoms with Crippen LogP contribution in [0.15, 0.2) is 116 Å². The molecular formula is C76H76ClF9N22O8. The fourth-order valence-electron chi connectivity index (χ4n) is 14.8. The van der Waals surface area contributed by atoms with Gasteiger partial charge >= 0.3 is 36.5 Å². The van der Waals surface area contributed by atoms with Crippen molar-refractivity contribution in [3.63, 3.8) is 0 Å². The smallest absolute Gasteiger partial charge is 0.366 e. The fraction of sp³-hybridized carbons (Fsp3) is 0.408. The summed E-state index contributed by atoms with van der Waals surface area (Å²) in [6.07, 6.45) is -1.16. The third-order valence-electron chi connectivity index (χ3n) is 21.2. The lowest BCUT2D eigenvalue weighted by atomic mass is 10.0. The lowest BCUT2D eigenvalue weighted by Gasteiger charge is -2.35. The molecule has 5 fully saturated rings. The summed E-state index contributed by atoms with van der Waals surface area (Å²) in [4.78, 5) is 149. The highest BCUT2D eigenvalue weighted by Gasteiger charge is 2.47. The van der Waals surface area contributed by atoms with Crippen LogP contribution in [0.3, 0.4) is 0 Å². The molecule has 4 saturated heterocycles. The Morgan fingerprint density at radius 3 is 1.22 bits per heavy atom. The van der Waals surface area contributed by atoms with Gasteiger partial charge in [-0.15, -0.1) is 0 Å². The minimum atomic E-state index is -4.46. The van der Waals surface area contributed by atoms with Crippen LogP contribution in [0.4, 0.5) is 128 Å². The number of H-pyrrole nitrogens is 1. The molecule has 608 valence electrons. The van der Waals surface area contributed by atoms with Gasteiger partial charge in [-0.25, -0.2) is 72.2 Å². The Kier molecular flexibility index (Phi) is 23.4. The number of nitrogens with one attached hydrogen (secondary N) is 5. The minimum Gasteiger partial charge on any atom is -0.366 e. The van der Waals surface area contributed by atoms with Crippen LogP contribution in [0.5, 0.6) is 0 Å². The highest BCUT2D eigenvalue weighted by atomic mass is 35.5. The number of anilines is 12. The van der Waals surface area contributed by atoms with Crippen LogP contribution in [0.25, 0.3) is 0 Å². The first-order valence-electron chi connectivity index (χ1n) is 37.5. The van der Waals surface area contributed by atoms with Crippen molar-refractivity contribution in [2.24, 2.45) is 17.8 Å². The van der Waals surface area contributed by atoms with E-state index in [2.05, 4.69) is 86.0 Å². The largest absolute Gasteiger partial charge is 0.391 e. The number of Topliss-reactive ketones (excluding diaryl/α,β-unsaturated/α-hetero) is 4. The van der Waals surface area contributed by atoms with E-state index in [4.69, 9.17) is 11.6 Å². The van der Waals surface area contributed by atoms with Gasteiger partial charge in [0.1, 0.15) is 58.2 Å². The summed E-state index contributed by atoms with van der Waals surface area (Å²) in [7, 11) is 0. The molecule has 40 heteroatoms. The molecular weight excluding hydrogens is 1560 g/mol. The number of amides is 8. The quantitative estimate of drug-likeness (QED) is 0.0417. The van der Waals surface area contributed by atoms with E-state index in [9.17, 15) is 77.9 Å². The maximum Gasteiger partial charge on any atom is 0.391 e. The zero-order valence-corrected chi connectivity index (χ0v) is 62.9. The van der Waals surface area contributed by atoms with Crippen LogP contribution in [0.2, 0.25) is 5.02 Å². The number of nitrogens with zero attached hydrogens (tertiary/aromatic N) is 17. The van der Waals surface area contributed by atoms with E-state index in [1.54, 1.807) is 47.4 Å². The van der Waals surface area contributed by atoms with Crippen molar-refractivity contribution in [1.82, 2.24) is 50.1 Å². The number of carbonyl (C=O) groups is 8. The lowest BCUT2D eigenvalue weighted by Crippen LogP contribution is -2.48. The number of carbonyl (C=O) groups excluding carboxylic acids is 8. The molecule has 0 aromatic carbocycles. The summed E-state index contributed by atoms with van der Waals surface area (Å²) in [6.45, 7) is 7.61. The Bertz CT molecular complexity index is 5020. The number of halogens is 10. The number of hydrogen-bond donors (Lipinski definition) is 5. The van der Waals surface area contributed by atoms with Crippen LogP contribution < -0.4 is 60.5 Å². The molecule has 9 aliphatic rings. The molecule has 8 aliphatic heterocycles. The van der Waals surface area contributed by atoms with Crippen molar-refractivity contribution < 1.29 is 77.9 Å². The first-order valence-corrected chi connectivity index (χ1v) is 37.8. The third-order valence-corrected chi connectivity index (χ3v) is 21.4. The Hall–Kier alpha value is -12.2. The standard InChI is InChI=1S/C20H20ClN5O2.C19H19F3N6O2.C19H18F3N5O2.C18H19F3N6O2/c21-13-3-6-18(22-10-13)24-20(28)26-14-7-8-25(11-14)16-5-4-15(23-19(16)26)17(27)9-12-1-2-12;1-11(19(20,21)22)8-15(29)13-2-3-14-17(25-13)28(12-5-7-27(14)9-12)18(30)26-16-4-6-23-10-24-16;20-11-1-6-17(23-9-11)25-19(29)27-12-7-8-26(10-12)14-3-2-13(24-18(14)27)15(28)4-5-16(21)22;1-10(18(19,20)21)8-14(28)12-2-3-13-16(23-12)27(11-5-7-26(13)9-11)17(29)24-15-4-6-22-25-15/h3-6,10,12,14H,1-2,7-9,11H2,(H,22,24,28);2-4,6,10-12H,5,7-9H2,1H3,(H,23,24,26,30);1-3,6,9,12,16H,4-5,7-8,10H2,(H,23,25,29);2-4,6,10-11H,5,7-9H2,1H3,(H2,22,24,25,29)/t14-;11-,12-;12-;10-,11-/m0000/s1. The van der Waals surface area contributed by atoms with Gasteiger partial charge in [-0.1, -0.05) is 25.4 Å². The maximum absolute atomic E-state index is 13.1. The topological polar surface area (TPSA) is 342 Å². The lowest BCUT2D eigenvalue weighted by molar-refractivity contribution is -0.169. The molecule has 6 atom stereocenters. The van der Waals surface area contributed by atoms with Crippen molar-refractivity contribution in [2.75, 3.05) is 113 Å². The molecule has 0 spiro atoms. The predicted octanol–water partition coefficient (Wildman–Crippen LogP) is 13.7. The van der Waals surface area contributed by atoms with E-state index in [0.29, 0.717) is 95.3 Å². The molecule has 8 bridgehead atoms. The van der Waals surface area contributed by atoms with Crippen molar-refractivity contribution in [1.29, 1.82) is 0 Å². The second kappa shape index (κ2) is 33.7. The molecule has 16 heterocycles.